The van der Waals surface area contributed by atoms with Crippen LogP contribution in [0.5, 0.6) is 0 Å². The van der Waals surface area contributed by atoms with Gasteiger partial charge in [0.2, 0.25) is 0 Å². The summed E-state index contributed by atoms with van der Waals surface area (Å²) in [6, 6.07) is 4.42. The van der Waals surface area contributed by atoms with Crippen molar-refractivity contribution in [1.82, 2.24) is 5.32 Å². The van der Waals surface area contributed by atoms with Gasteiger partial charge in [0.15, 0.2) is 0 Å². The van der Waals surface area contributed by atoms with Crippen molar-refractivity contribution >= 4 is 0 Å². The van der Waals surface area contributed by atoms with Crippen molar-refractivity contribution in [3.05, 3.63) is 34.6 Å². The summed E-state index contributed by atoms with van der Waals surface area (Å²) in [7, 11) is 0. The van der Waals surface area contributed by atoms with Crippen molar-refractivity contribution in [3.63, 3.8) is 0 Å². The molecule has 0 saturated heterocycles. The van der Waals surface area contributed by atoms with Crippen LogP contribution in [0.3, 0.4) is 0 Å². The summed E-state index contributed by atoms with van der Waals surface area (Å²) in [6.07, 6.45) is 5.07. The molecule has 0 aliphatic heterocycles. The first-order valence-corrected chi connectivity index (χ1v) is 7.11. The Bertz CT molecular complexity index is 387. The maximum absolute atomic E-state index is 13.7. The van der Waals surface area contributed by atoms with Crippen LogP contribution >= 0.6 is 0 Å². The fourth-order valence-electron chi connectivity index (χ4n) is 2.52. The second-order valence-electron chi connectivity index (χ2n) is 5.65. The standard InChI is InChI=1S/C16H24FN/c1-4-7-18-15(10-13-5-6-13)14-8-11(2)16(17)12(3)9-14/h8-9,13,15,18H,4-7,10H2,1-3H3. The van der Waals surface area contributed by atoms with E-state index in [1.165, 1.54) is 24.8 Å². The zero-order valence-corrected chi connectivity index (χ0v) is 11.7. The molecule has 100 valence electrons. The van der Waals surface area contributed by atoms with Crippen LogP contribution in [0.1, 0.15) is 55.3 Å². The highest BCUT2D eigenvalue weighted by Crippen LogP contribution is 2.38. The lowest BCUT2D eigenvalue weighted by Crippen LogP contribution is -2.23. The molecule has 1 atom stereocenters. The van der Waals surface area contributed by atoms with Gasteiger partial charge in [-0.1, -0.05) is 31.9 Å². The van der Waals surface area contributed by atoms with Crippen LogP contribution in [0, 0.1) is 25.6 Å². The van der Waals surface area contributed by atoms with Gasteiger partial charge in [-0.3, -0.25) is 0 Å². The van der Waals surface area contributed by atoms with Gasteiger partial charge < -0.3 is 5.32 Å². The number of nitrogens with one attached hydrogen (secondary N) is 1. The van der Waals surface area contributed by atoms with E-state index in [2.05, 4.69) is 12.2 Å². The molecule has 2 rings (SSSR count). The molecule has 0 amide bonds. The van der Waals surface area contributed by atoms with Crippen LogP contribution < -0.4 is 5.32 Å². The van der Waals surface area contributed by atoms with Crippen molar-refractivity contribution in [2.24, 2.45) is 5.92 Å². The van der Waals surface area contributed by atoms with E-state index in [9.17, 15) is 4.39 Å². The Morgan fingerprint density at radius 1 is 1.28 bits per heavy atom. The zero-order valence-electron chi connectivity index (χ0n) is 11.7. The fraction of sp³-hybridized carbons (Fsp3) is 0.625. The second kappa shape index (κ2) is 5.83. The van der Waals surface area contributed by atoms with Crippen molar-refractivity contribution in [3.8, 4) is 0 Å². The van der Waals surface area contributed by atoms with Gasteiger partial charge in [0, 0.05) is 6.04 Å². The molecule has 1 aliphatic rings. The van der Waals surface area contributed by atoms with Gasteiger partial charge in [-0.15, -0.1) is 0 Å². The average molecular weight is 249 g/mol. The first-order valence-electron chi connectivity index (χ1n) is 7.11. The molecule has 1 aromatic rings. The molecule has 1 nitrogen and oxygen atoms in total. The molecule has 0 heterocycles. The van der Waals surface area contributed by atoms with E-state index in [4.69, 9.17) is 0 Å². The highest BCUT2D eigenvalue weighted by Gasteiger charge is 2.26. The van der Waals surface area contributed by atoms with Gasteiger partial charge in [-0.25, -0.2) is 4.39 Å². The molecule has 0 aromatic heterocycles. The quantitative estimate of drug-likeness (QED) is 0.793. The Morgan fingerprint density at radius 2 is 1.89 bits per heavy atom. The predicted molar refractivity (Wildman–Crippen MR) is 74.2 cm³/mol. The smallest absolute Gasteiger partial charge is 0.129 e. The van der Waals surface area contributed by atoms with Gasteiger partial charge in [0.1, 0.15) is 5.82 Å². The van der Waals surface area contributed by atoms with E-state index in [0.717, 1.165) is 30.0 Å². The Balaban J connectivity index is 2.17. The minimum atomic E-state index is -0.0561. The van der Waals surface area contributed by atoms with Crippen LogP contribution in [0.4, 0.5) is 4.39 Å². The predicted octanol–water partition coefficient (Wildman–Crippen LogP) is 4.28. The molecule has 1 unspecified atom stereocenters. The largest absolute Gasteiger partial charge is 0.310 e. The van der Waals surface area contributed by atoms with Crippen LogP contribution in [0.2, 0.25) is 0 Å². The van der Waals surface area contributed by atoms with Gasteiger partial charge >= 0.3 is 0 Å². The molecule has 1 aliphatic carbocycles. The van der Waals surface area contributed by atoms with Gasteiger partial charge in [-0.2, -0.15) is 0 Å². The van der Waals surface area contributed by atoms with Crippen molar-refractivity contribution in [2.75, 3.05) is 6.54 Å². The van der Waals surface area contributed by atoms with Crippen molar-refractivity contribution < 1.29 is 4.39 Å². The SMILES string of the molecule is CCCNC(CC1CC1)c1cc(C)c(F)c(C)c1. The van der Waals surface area contributed by atoms with Gasteiger partial charge in [0.25, 0.3) is 0 Å². The highest BCUT2D eigenvalue weighted by molar-refractivity contribution is 5.32. The van der Waals surface area contributed by atoms with E-state index in [1.54, 1.807) is 0 Å². The summed E-state index contributed by atoms with van der Waals surface area (Å²) >= 11 is 0. The molecule has 1 aromatic carbocycles. The first kappa shape index (κ1) is 13.5. The van der Waals surface area contributed by atoms with Crippen LogP contribution in [0.25, 0.3) is 0 Å². The normalized spacial score (nSPS) is 16.9. The summed E-state index contributed by atoms with van der Waals surface area (Å²) in [4.78, 5) is 0. The van der Waals surface area contributed by atoms with E-state index in [0.29, 0.717) is 6.04 Å². The van der Waals surface area contributed by atoms with E-state index >= 15 is 0 Å². The van der Waals surface area contributed by atoms with Crippen LogP contribution in [0.15, 0.2) is 12.1 Å². The molecule has 1 N–H and O–H groups in total. The lowest BCUT2D eigenvalue weighted by molar-refractivity contribution is 0.472. The third kappa shape index (κ3) is 3.32. The summed E-state index contributed by atoms with van der Waals surface area (Å²) < 4.78 is 13.7. The molecule has 2 heteroatoms. The monoisotopic (exact) mass is 249 g/mol. The van der Waals surface area contributed by atoms with Crippen molar-refractivity contribution in [1.29, 1.82) is 0 Å². The summed E-state index contributed by atoms with van der Waals surface area (Å²) in [5.41, 5.74) is 2.79. The average Bonchev–Trinajstić information content (AvgIpc) is 3.14. The molecule has 0 radical (unpaired) electrons. The fourth-order valence-corrected chi connectivity index (χ4v) is 2.52. The lowest BCUT2D eigenvalue weighted by atomic mass is 9.97. The minimum Gasteiger partial charge on any atom is -0.310 e. The molecule has 1 fully saturated rings. The maximum Gasteiger partial charge on any atom is 0.129 e. The Labute approximate surface area is 110 Å². The number of rotatable bonds is 6. The summed E-state index contributed by atoms with van der Waals surface area (Å²) in [5.74, 6) is 0.824. The molecular weight excluding hydrogens is 225 g/mol. The van der Waals surface area contributed by atoms with E-state index in [-0.39, 0.29) is 5.82 Å². The topological polar surface area (TPSA) is 12.0 Å². The third-order valence-corrected chi connectivity index (χ3v) is 3.77. The Hall–Kier alpha value is -0.890. The summed E-state index contributed by atoms with van der Waals surface area (Å²) in [6.45, 7) is 6.94. The van der Waals surface area contributed by atoms with Crippen LogP contribution in [-0.4, -0.2) is 6.54 Å². The minimum absolute atomic E-state index is 0.0561. The van der Waals surface area contributed by atoms with Gasteiger partial charge in [0.05, 0.1) is 0 Å². The highest BCUT2D eigenvalue weighted by atomic mass is 19.1. The molecular formula is C16H24FN. The molecule has 18 heavy (non-hydrogen) atoms. The molecule has 1 saturated carbocycles. The van der Waals surface area contributed by atoms with Crippen molar-refractivity contribution in [2.45, 2.75) is 52.5 Å². The zero-order chi connectivity index (χ0) is 13.1. The van der Waals surface area contributed by atoms with Crippen LogP contribution in [-0.2, 0) is 0 Å². The number of hydrogen-bond donors (Lipinski definition) is 1. The van der Waals surface area contributed by atoms with Gasteiger partial charge in [-0.05, 0) is 55.8 Å². The number of hydrogen-bond acceptors (Lipinski definition) is 1. The van der Waals surface area contributed by atoms with E-state index in [1.807, 2.05) is 26.0 Å². The number of aryl methyl sites for hydroxylation is 2. The Kier molecular flexibility index (Phi) is 4.39. The third-order valence-electron chi connectivity index (χ3n) is 3.77. The summed E-state index contributed by atoms with van der Waals surface area (Å²) in [5, 5.41) is 3.61. The second-order valence-corrected chi connectivity index (χ2v) is 5.65. The molecule has 0 bridgehead atoms. The molecule has 0 spiro atoms. The maximum atomic E-state index is 13.7. The lowest BCUT2D eigenvalue weighted by Gasteiger charge is -2.20. The number of halogens is 1. The first-order chi connectivity index (χ1) is 8.61. The Morgan fingerprint density at radius 3 is 2.39 bits per heavy atom. The van der Waals surface area contributed by atoms with E-state index < -0.39 is 0 Å². The number of benzene rings is 1.